The Hall–Kier alpha value is -2.56. The van der Waals surface area contributed by atoms with E-state index in [2.05, 4.69) is 18.3 Å². The lowest BCUT2D eigenvalue weighted by Gasteiger charge is -2.18. The topological polar surface area (TPSA) is 24.9 Å². The number of unbranched alkanes of at least 4 members (excludes halogenated alkanes) is 1. The van der Waals surface area contributed by atoms with E-state index in [9.17, 15) is 13.2 Å². The van der Waals surface area contributed by atoms with Crippen molar-refractivity contribution in [2.24, 2.45) is 5.92 Å². The molecule has 2 nitrogen and oxygen atoms in total. The zero-order chi connectivity index (χ0) is 20.4. The Kier molecular flexibility index (Phi) is 5.48. The van der Waals surface area contributed by atoms with E-state index in [0.29, 0.717) is 24.9 Å². The molecule has 1 N–H and O–H groups in total. The largest absolute Gasteiger partial charge is 0.366 e. The summed E-state index contributed by atoms with van der Waals surface area (Å²) in [5.41, 5.74) is 2.13. The second-order valence-electron chi connectivity index (χ2n) is 7.86. The lowest BCUT2D eigenvalue weighted by atomic mass is 10.0. The number of hydrogen-bond acceptors (Lipinski definition) is 2. The number of anilines is 1. The summed E-state index contributed by atoms with van der Waals surface area (Å²) in [7, 11) is 0. The summed E-state index contributed by atoms with van der Waals surface area (Å²) in [6, 6.07) is 14.1. The van der Waals surface area contributed by atoms with Crippen LogP contribution in [0.1, 0.15) is 49.3 Å². The minimum Gasteiger partial charge on any atom is -0.366 e. The van der Waals surface area contributed by atoms with Gasteiger partial charge in [-0.05, 0) is 61.1 Å². The minimum absolute atomic E-state index is 0.330. The Balaban J connectivity index is 1.55. The summed E-state index contributed by atoms with van der Waals surface area (Å²) in [5.74, 6) is -3.86. The van der Waals surface area contributed by atoms with E-state index < -0.39 is 23.2 Å². The number of rotatable bonds is 8. The number of nitrogens with zero attached hydrogens (tertiary/aromatic N) is 1. The second-order valence-corrected chi connectivity index (χ2v) is 7.86. The summed E-state index contributed by atoms with van der Waals surface area (Å²) in [4.78, 5) is 4.73. The average molecular weight is 398 g/mol. The zero-order valence-corrected chi connectivity index (χ0v) is 16.5. The van der Waals surface area contributed by atoms with Gasteiger partial charge < -0.3 is 5.32 Å². The molecule has 0 aliphatic heterocycles. The fourth-order valence-corrected chi connectivity index (χ4v) is 3.66. The van der Waals surface area contributed by atoms with E-state index in [1.807, 2.05) is 24.3 Å². The zero-order valence-electron chi connectivity index (χ0n) is 16.5. The predicted molar refractivity (Wildman–Crippen MR) is 111 cm³/mol. The van der Waals surface area contributed by atoms with Gasteiger partial charge >= 0.3 is 0 Å². The molecule has 1 heterocycles. The number of aryl methyl sites for hydroxylation is 1. The van der Waals surface area contributed by atoms with E-state index >= 15 is 0 Å². The number of fused-ring (bicyclic) bond motifs is 1. The van der Waals surface area contributed by atoms with Crippen LogP contribution >= 0.6 is 0 Å². The van der Waals surface area contributed by atoms with Crippen molar-refractivity contribution in [3.8, 4) is 0 Å². The van der Waals surface area contributed by atoms with Crippen LogP contribution in [-0.4, -0.2) is 4.98 Å². The third-order valence-electron chi connectivity index (χ3n) is 5.55. The Morgan fingerprint density at radius 3 is 2.62 bits per heavy atom. The van der Waals surface area contributed by atoms with Crippen LogP contribution in [0.5, 0.6) is 0 Å². The van der Waals surface area contributed by atoms with Crippen LogP contribution in [0, 0.1) is 11.7 Å². The lowest BCUT2D eigenvalue weighted by Crippen LogP contribution is -2.18. The Morgan fingerprint density at radius 1 is 1.10 bits per heavy atom. The molecule has 1 saturated carbocycles. The summed E-state index contributed by atoms with van der Waals surface area (Å²) >= 11 is 0. The molecule has 1 aromatic heterocycles. The van der Waals surface area contributed by atoms with Crippen LogP contribution in [-0.2, 0) is 18.9 Å². The molecule has 0 bridgehead atoms. The molecule has 4 rings (SSSR count). The molecule has 1 aliphatic rings. The molecule has 29 heavy (non-hydrogen) atoms. The third-order valence-corrected chi connectivity index (χ3v) is 5.55. The van der Waals surface area contributed by atoms with Crippen molar-refractivity contribution in [1.29, 1.82) is 0 Å². The van der Waals surface area contributed by atoms with Crippen molar-refractivity contribution >= 4 is 16.7 Å². The van der Waals surface area contributed by atoms with Crippen molar-refractivity contribution < 1.29 is 13.2 Å². The average Bonchev–Trinajstić information content (AvgIpc) is 3.56. The van der Waals surface area contributed by atoms with Gasteiger partial charge in [-0.1, -0.05) is 37.6 Å². The first-order valence-electron chi connectivity index (χ1n) is 10.3. The number of aromatic nitrogens is 1. The fourth-order valence-electron chi connectivity index (χ4n) is 3.66. The Bertz CT molecular complexity index is 1010. The van der Waals surface area contributed by atoms with E-state index in [-0.39, 0.29) is 0 Å². The summed E-state index contributed by atoms with van der Waals surface area (Å²) in [6.07, 6.45) is 3.95. The Labute approximate surface area is 169 Å². The number of benzene rings is 2. The van der Waals surface area contributed by atoms with Gasteiger partial charge in [0.2, 0.25) is 0 Å². The molecule has 0 atom stereocenters. The molecule has 5 heteroatoms. The molecule has 0 saturated heterocycles. The van der Waals surface area contributed by atoms with E-state index in [1.165, 1.54) is 12.1 Å². The Morgan fingerprint density at radius 2 is 1.90 bits per heavy atom. The molecule has 0 radical (unpaired) electrons. The fraction of sp³-hybridized carbons (Fsp3) is 0.375. The van der Waals surface area contributed by atoms with E-state index in [1.54, 1.807) is 6.07 Å². The van der Waals surface area contributed by atoms with Crippen molar-refractivity contribution in [3.05, 3.63) is 71.0 Å². The molecule has 1 aliphatic carbocycles. The first-order valence-corrected chi connectivity index (χ1v) is 10.3. The first kappa shape index (κ1) is 19.7. The SMILES string of the molecule is CCCCc1cc2ccccc2nc1NCc1ccc(C(F)(F)C2CC2)c(F)c1. The number of nitrogens with one attached hydrogen (secondary N) is 1. The van der Waals surface area contributed by atoms with Gasteiger partial charge in [0.1, 0.15) is 11.6 Å². The van der Waals surface area contributed by atoms with Gasteiger partial charge in [-0.3, -0.25) is 0 Å². The molecule has 152 valence electrons. The van der Waals surface area contributed by atoms with Crippen molar-refractivity contribution in [2.75, 3.05) is 5.32 Å². The van der Waals surface area contributed by atoms with Gasteiger partial charge in [-0.2, -0.15) is 0 Å². The molecular weight excluding hydrogens is 373 g/mol. The standard InChI is InChI=1S/C24H25F3N2/c1-2-3-6-18-14-17-7-4-5-8-22(17)29-23(18)28-15-16-9-12-20(21(25)13-16)24(26,27)19-10-11-19/h4-5,7-9,12-14,19H,2-3,6,10-11,15H2,1H3,(H,28,29). The number of para-hydroxylation sites is 1. The molecular formula is C24H25F3N2. The smallest absolute Gasteiger partial charge is 0.278 e. The van der Waals surface area contributed by atoms with Crippen LogP contribution in [0.2, 0.25) is 0 Å². The minimum atomic E-state index is -3.08. The van der Waals surface area contributed by atoms with Crippen LogP contribution in [0.4, 0.5) is 19.0 Å². The number of hydrogen-bond donors (Lipinski definition) is 1. The predicted octanol–water partition coefficient (Wildman–Crippen LogP) is 6.83. The highest BCUT2D eigenvalue weighted by molar-refractivity contribution is 5.81. The van der Waals surface area contributed by atoms with Crippen LogP contribution in [0.25, 0.3) is 10.9 Å². The van der Waals surface area contributed by atoms with E-state index in [0.717, 1.165) is 41.5 Å². The highest BCUT2D eigenvalue weighted by Gasteiger charge is 2.49. The molecule has 1 fully saturated rings. The quantitative estimate of drug-likeness (QED) is 0.450. The van der Waals surface area contributed by atoms with Crippen LogP contribution in [0.15, 0.2) is 48.5 Å². The maximum absolute atomic E-state index is 14.4. The van der Waals surface area contributed by atoms with Gasteiger partial charge in [0.25, 0.3) is 5.92 Å². The van der Waals surface area contributed by atoms with Crippen LogP contribution in [0.3, 0.4) is 0 Å². The van der Waals surface area contributed by atoms with Crippen molar-refractivity contribution in [3.63, 3.8) is 0 Å². The van der Waals surface area contributed by atoms with Crippen molar-refractivity contribution in [1.82, 2.24) is 4.98 Å². The van der Waals surface area contributed by atoms with Gasteiger partial charge in [0.15, 0.2) is 0 Å². The summed E-state index contributed by atoms with van der Waals surface area (Å²) < 4.78 is 42.9. The first-order chi connectivity index (χ1) is 14.0. The second kappa shape index (κ2) is 8.05. The maximum Gasteiger partial charge on any atom is 0.278 e. The van der Waals surface area contributed by atoms with Crippen LogP contribution < -0.4 is 5.32 Å². The van der Waals surface area contributed by atoms with Gasteiger partial charge in [-0.15, -0.1) is 0 Å². The molecule has 0 spiro atoms. The molecule has 3 aromatic rings. The van der Waals surface area contributed by atoms with Gasteiger partial charge in [0.05, 0.1) is 11.1 Å². The highest BCUT2D eigenvalue weighted by atomic mass is 19.3. The van der Waals surface area contributed by atoms with Gasteiger partial charge in [-0.25, -0.2) is 18.2 Å². The highest BCUT2D eigenvalue weighted by Crippen LogP contribution is 2.50. The lowest BCUT2D eigenvalue weighted by molar-refractivity contribution is -0.0318. The number of halogens is 3. The normalized spacial score (nSPS) is 14.3. The summed E-state index contributed by atoms with van der Waals surface area (Å²) in [5, 5.41) is 4.37. The molecule has 0 amide bonds. The number of alkyl halides is 2. The maximum atomic E-state index is 14.4. The monoisotopic (exact) mass is 398 g/mol. The molecule has 2 aromatic carbocycles. The van der Waals surface area contributed by atoms with Gasteiger partial charge in [0, 0.05) is 17.8 Å². The van der Waals surface area contributed by atoms with E-state index in [4.69, 9.17) is 4.98 Å². The third kappa shape index (κ3) is 4.24. The number of pyridine rings is 1. The van der Waals surface area contributed by atoms with Crippen molar-refractivity contribution in [2.45, 2.75) is 51.5 Å². The summed E-state index contributed by atoms with van der Waals surface area (Å²) in [6.45, 7) is 2.47. The molecule has 0 unspecified atom stereocenters.